The van der Waals surface area contributed by atoms with E-state index in [2.05, 4.69) is 53.0 Å². The number of benzene rings is 1. The third kappa shape index (κ3) is 2.07. The second-order valence-corrected chi connectivity index (χ2v) is 4.73. The van der Waals surface area contributed by atoms with Crippen LogP contribution >= 0.6 is 0 Å². The van der Waals surface area contributed by atoms with Crippen LogP contribution in [0.15, 0.2) is 42.9 Å². The Kier molecular flexibility index (Phi) is 3.02. The zero-order chi connectivity index (χ0) is 14.1. The van der Waals surface area contributed by atoms with Crippen molar-refractivity contribution in [2.45, 2.75) is 13.8 Å². The van der Waals surface area contributed by atoms with Crippen LogP contribution in [-0.4, -0.2) is 20.9 Å². The van der Waals surface area contributed by atoms with E-state index in [1.807, 2.05) is 10.6 Å². The Bertz CT molecular complexity index is 730. The van der Waals surface area contributed by atoms with Crippen molar-refractivity contribution in [3.63, 3.8) is 0 Å². The molecule has 5 nitrogen and oxygen atoms in total. The van der Waals surface area contributed by atoms with Crippen molar-refractivity contribution in [3.05, 3.63) is 48.4 Å². The van der Waals surface area contributed by atoms with E-state index < -0.39 is 0 Å². The van der Waals surface area contributed by atoms with E-state index in [0.29, 0.717) is 5.82 Å². The molecular formula is C15H17N5. The smallest absolute Gasteiger partial charge is 0.180 e. The number of nitrogen functional groups attached to an aromatic ring is 1. The Morgan fingerprint density at radius 2 is 2.00 bits per heavy atom. The van der Waals surface area contributed by atoms with Crippen LogP contribution in [0, 0.1) is 6.92 Å². The molecule has 0 spiro atoms. The number of hydrogen-bond acceptors (Lipinski definition) is 4. The van der Waals surface area contributed by atoms with Crippen molar-refractivity contribution in [3.8, 4) is 0 Å². The maximum absolute atomic E-state index is 5.89. The quantitative estimate of drug-likeness (QED) is 0.792. The van der Waals surface area contributed by atoms with E-state index in [0.717, 1.165) is 23.7 Å². The lowest BCUT2D eigenvalue weighted by atomic mass is 10.2. The molecule has 0 aliphatic rings. The zero-order valence-corrected chi connectivity index (χ0v) is 11.6. The molecule has 0 radical (unpaired) electrons. The number of fused-ring (bicyclic) bond motifs is 1. The maximum atomic E-state index is 5.89. The lowest BCUT2D eigenvalue weighted by Crippen LogP contribution is -2.19. The van der Waals surface area contributed by atoms with Crippen LogP contribution in [0.2, 0.25) is 0 Å². The first-order valence-electron chi connectivity index (χ1n) is 6.62. The molecule has 0 aliphatic heterocycles. The van der Waals surface area contributed by atoms with Gasteiger partial charge in [0.05, 0.1) is 6.20 Å². The highest BCUT2D eigenvalue weighted by atomic mass is 15.2. The number of imidazole rings is 1. The van der Waals surface area contributed by atoms with Crippen LogP contribution in [-0.2, 0) is 0 Å². The molecule has 0 unspecified atom stereocenters. The van der Waals surface area contributed by atoms with Crippen LogP contribution in [0.4, 0.5) is 17.3 Å². The van der Waals surface area contributed by atoms with Gasteiger partial charge in [-0.2, -0.15) is 0 Å². The number of anilines is 3. The van der Waals surface area contributed by atoms with Gasteiger partial charge in [-0.15, -0.1) is 0 Å². The molecule has 0 aliphatic carbocycles. The summed E-state index contributed by atoms with van der Waals surface area (Å²) in [5.74, 6) is 1.26. The van der Waals surface area contributed by atoms with E-state index in [1.165, 1.54) is 5.56 Å². The van der Waals surface area contributed by atoms with E-state index in [-0.39, 0.29) is 0 Å². The van der Waals surface area contributed by atoms with Crippen molar-refractivity contribution >= 4 is 23.0 Å². The summed E-state index contributed by atoms with van der Waals surface area (Å²) in [5.41, 5.74) is 9.02. The molecule has 5 heteroatoms. The predicted molar refractivity (Wildman–Crippen MR) is 81.3 cm³/mol. The van der Waals surface area contributed by atoms with Gasteiger partial charge in [-0.3, -0.25) is 0 Å². The predicted octanol–water partition coefficient (Wildman–Crippen LogP) is 2.78. The molecule has 2 N–H and O–H groups in total. The molecule has 0 bridgehead atoms. The van der Waals surface area contributed by atoms with Crippen LogP contribution < -0.4 is 10.6 Å². The summed E-state index contributed by atoms with van der Waals surface area (Å²) in [5, 5.41) is 0. The molecule has 3 rings (SSSR count). The summed E-state index contributed by atoms with van der Waals surface area (Å²) in [6, 6.07) is 8.35. The summed E-state index contributed by atoms with van der Waals surface area (Å²) in [6.07, 6.45) is 5.40. The van der Waals surface area contributed by atoms with Gasteiger partial charge in [-0.1, -0.05) is 17.7 Å². The average Bonchev–Trinajstić information content (AvgIpc) is 2.89. The number of nitrogens with two attached hydrogens (primary N) is 1. The summed E-state index contributed by atoms with van der Waals surface area (Å²) in [6.45, 7) is 4.96. The van der Waals surface area contributed by atoms with E-state index in [9.17, 15) is 0 Å². The molecule has 3 aromatic rings. The third-order valence-corrected chi connectivity index (χ3v) is 3.29. The van der Waals surface area contributed by atoms with Crippen molar-refractivity contribution < 1.29 is 0 Å². The van der Waals surface area contributed by atoms with Gasteiger partial charge < -0.3 is 15.0 Å². The first-order valence-corrected chi connectivity index (χ1v) is 6.62. The highest BCUT2D eigenvalue weighted by molar-refractivity contribution is 5.73. The molecule has 0 atom stereocenters. The Labute approximate surface area is 117 Å². The molecule has 2 aromatic heterocycles. The van der Waals surface area contributed by atoms with Gasteiger partial charge in [0.1, 0.15) is 5.82 Å². The number of nitrogens with zero attached hydrogens (tertiary/aromatic N) is 4. The van der Waals surface area contributed by atoms with Crippen molar-refractivity contribution in [2.24, 2.45) is 0 Å². The number of aryl methyl sites for hydroxylation is 1. The van der Waals surface area contributed by atoms with Gasteiger partial charge in [0, 0.05) is 24.6 Å². The van der Waals surface area contributed by atoms with Crippen LogP contribution in [0.5, 0.6) is 0 Å². The number of hydrogen-bond donors (Lipinski definition) is 1. The molecule has 20 heavy (non-hydrogen) atoms. The Morgan fingerprint density at radius 1 is 1.25 bits per heavy atom. The largest absolute Gasteiger partial charge is 0.382 e. The minimum absolute atomic E-state index is 0.482. The van der Waals surface area contributed by atoms with Gasteiger partial charge >= 0.3 is 0 Å². The molecular weight excluding hydrogens is 250 g/mol. The third-order valence-electron chi connectivity index (χ3n) is 3.29. The summed E-state index contributed by atoms with van der Waals surface area (Å²) < 4.78 is 1.90. The molecule has 102 valence electrons. The van der Waals surface area contributed by atoms with Gasteiger partial charge in [-0.25, -0.2) is 9.97 Å². The highest BCUT2D eigenvalue weighted by Crippen LogP contribution is 2.27. The van der Waals surface area contributed by atoms with E-state index in [4.69, 9.17) is 5.73 Å². The van der Waals surface area contributed by atoms with Crippen molar-refractivity contribution in [1.82, 2.24) is 14.4 Å². The fourth-order valence-corrected chi connectivity index (χ4v) is 2.29. The molecule has 0 saturated carbocycles. The first kappa shape index (κ1) is 12.5. The summed E-state index contributed by atoms with van der Waals surface area (Å²) >= 11 is 0. The van der Waals surface area contributed by atoms with Crippen molar-refractivity contribution in [2.75, 3.05) is 17.2 Å². The fraction of sp³-hybridized carbons (Fsp3) is 0.200. The fourth-order valence-electron chi connectivity index (χ4n) is 2.29. The van der Waals surface area contributed by atoms with Crippen LogP contribution in [0.1, 0.15) is 12.5 Å². The molecule has 1 aromatic carbocycles. The van der Waals surface area contributed by atoms with Gasteiger partial charge in [0.2, 0.25) is 0 Å². The number of rotatable bonds is 3. The van der Waals surface area contributed by atoms with Gasteiger partial charge in [-0.05, 0) is 26.0 Å². The molecule has 0 fully saturated rings. The number of aromatic nitrogens is 3. The van der Waals surface area contributed by atoms with Gasteiger partial charge in [0.15, 0.2) is 11.5 Å². The first-order chi connectivity index (χ1) is 9.69. The average molecular weight is 267 g/mol. The van der Waals surface area contributed by atoms with E-state index in [1.54, 1.807) is 12.4 Å². The Balaban J connectivity index is 2.16. The lowest BCUT2D eigenvalue weighted by molar-refractivity contribution is 0.977. The normalized spacial score (nSPS) is 10.9. The second-order valence-electron chi connectivity index (χ2n) is 4.73. The SMILES string of the molecule is CCN(c1ccc(C)cc1)c1nc(N)cn2ccnc12. The molecule has 0 saturated heterocycles. The van der Waals surface area contributed by atoms with Crippen molar-refractivity contribution in [1.29, 1.82) is 0 Å². The topological polar surface area (TPSA) is 59.5 Å². The van der Waals surface area contributed by atoms with Crippen LogP contribution in [0.25, 0.3) is 5.65 Å². The lowest BCUT2D eigenvalue weighted by Gasteiger charge is -2.22. The minimum atomic E-state index is 0.482. The Morgan fingerprint density at radius 3 is 2.70 bits per heavy atom. The monoisotopic (exact) mass is 267 g/mol. The second kappa shape index (κ2) is 4.85. The Hall–Kier alpha value is -2.56. The van der Waals surface area contributed by atoms with Gasteiger partial charge in [0.25, 0.3) is 0 Å². The molecule has 0 amide bonds. The van der Waals surface area contributed by atoms with Crippen LogP contribution in [0.3, 0.4) is 0 Å². The summed E-state index contributed by atoms with van der Waals surface area (Å²) in [4.78, 5) is 10.9. The van der Waals surface area contributed by atoms with E-state index >= 15 is 0 Å². The minimum Gasteiger partial charge on any atom is -0.382 e. The zero-order valence-electron chi connectivity index (χ0n) is 11.6. The maximum Gasteiger partial charge on any atom is 0.180 e. The highest BCUT2D eigenvalue weighted by Gasteiger charge is 2.14. The standard InChI is InChI=1S/C15H17N5/c1-3-20(12-6-4-11(2)5-7-12)15-14-17-8-9-19(14)10-13(16)18-15/h4-10H,3,16H2,1-2H3. The summed E-state index contributed by atoms with van der Waals surface area (Å²) in [7, 11) is 0. The molecule has 2 heterocycles.